The van der Waals surface area contributed by atoms with Gasteiger partial charge in [0.2, 0.25) is 0 Å². The second-order valence-corrected chi connectivity index (χ2v) is 4.64. The summed E-state index contributed by atoms with van der Waals surface area (Å²) in [6, 6.07) is 8.16. The van der Waals surface area contributed by atoms with Crippen molar-refractivity contribution in [2.24, 2.45) is 12.8 Å². The number of aromatic nitrogens is 2. The quantitative estimate of drug-likeness (QED) is 0.938. The summed E-state index contributed by atoms with van der Waals surface area (Å²) in [4.78, 5) is 0. The zero-order chi connectivity index (χ0) is 11.5. The van der Waals surface area contributed by atoms with E-state index in [0.717, 1.165) is 22.2 Å². The van der Waals surface area contributed by atoms with Crippen molar-refractivity contribution in [3.05, 3.63) is 40.5 Å². The van der Waals surface area contributed by atoms with Gasteiger partial charge >= 0.3 is 0 Å². The van der Waals surface area contributed by atoms with Crippen LogP contribution in [0.25, 0.3) is 11.3 Å². The first kappa shape index (κ1) is 11.4. The van der Waals surface area contributed by atoms with Crippen LogP contribution in [0.15, 0.2) is 34.9 Å². The van der Waals surface area contributed by atoms with E-state index < -0.39 is 0 Å². The molecular weight excluding hydrogens is 266 g/mol. The molecule has 0 aliphatic rings. The zero-order valence-electron chi connectivity index (χ0n) is 9.15. The van der Waals surface area contributed by atoms with E-state index in [2.05, 4.69) is 33.2 Å². The molecule has 0 bridgehead atoms. The molecule has 2 N–H and O–H groups in total. The van der Waals surface area contributed by atoms with Crippen LogP contribution >= 0.6 is 15.9 Å². The average molecular weight is 280 g/mol. The fourth-order valence-corrected chi connectivity index (χ4v) is 2.15. The Labute approximate surface area is 103 Å². The van der Waals surface area contributed by atoms with Crippen LogP contribution in [0, 0.1) is 0 Å². The Morgan fingerprint density at radius 1 is 1.44 bits per heavy atom. The van der Waals surface area contributed by atoms with E-state index in [1.807, 2.05) is 30.1 Å². The molecule has 0 aliphatic heterocycles. The Balaban J connectivity index is 2.46. The first-order valence-corrected chi connectivity index (χ1v) is 5.98. The van der Waals surface area contributed by atoms with E-state index in [9.17, 15) is 0 Å². The van der Waals surface area contributed by atoms with Gasteiger partial charge in [-0.05, 0) is 30.7 Å². The molecule has 2 aromatic rings. The first-order valence-electron chi connectivity index (χ1n) is 5.19. The van der Waals surface area contributed by atoms with E-state index >= 15 is 0 Å². The topological polar surface area (TPSA) is 43.8 Å². The molecule has 2 rings (SSSR count). The van der Waals surface area contributed by atoms with Gasteiger partial charge in [0, 0.05) is 23.3 Å². The Morgan fingerprint density at radius 3 is 2.94 bits per heavy atom. The summed E-state index contributed by atoms with van der Waals surface area (Å²) in [7, 11) is 1.93. The summed E-state index contributed by atoms with van der Waals surface area (Å²) in [6.07, 6.45) is 2.89. The molecule has 1 aromatic carbocycles. The van der Waals surface area contributed by atoms with Crippen molar-refractivity contribution >= 4 is 15.9 Å². The minimum absolute atomic E-state index is 0.646. The average Bonchev–Trinajstić information content (AvgIpc) is 2.60. The Bertz CT molecular complexity index is 491. The molecule has 84 valence electrons. The molecule has 0 fully saturated rings. The molecule has 3 nitrogen and oxygen atoms in total. The number of nitrogens with two attached hydrogens (primary N) is 1. The molecule has 0 unspecified atom stereocenters. The van der Waals surface area contributed by atoms with E-state index in [-0.39, 0.29) is 0 Å². The molecule has 1 heterocycles. The summed E-state index contributed by atoms with van der Waals surface area (Å²) in [5.74, 6) is 0. The maximum atomic E-state index is 5.60. The van der Waals surface area contributed by atoms with Crippen LogP contribution in [0.2, 0.25) is 0 Å². The molecule has 0 aliphatic carbocycles. The minimum atomic E-state index is 0.646. The van der Waals surface area contributed by atoms with E-state index in [1.54, 1.807) is 0 Å². The number of nitrogens with zero attached hydrogens (tertiary/aromatic N) is 2. The highest BCUT2D eigenvalue weighted by molar-refractivity contribution is 9.10. The van der Waals surface area contributed by atoms with Crippen molar-refractivity contribution in [1.82, 2.24) is 9.78 Å². The van der Waals surface area contributed by atoms with Crippen LogP contribution in [0.1, 0.15) is 5.56 Å². The second kappa shape index (κ2) is 4.80. The standard InChI is InChI=1S/C12H14BrN3/c1-16-8-10(5-6-14)12(15-16)9-3-2-4-11(13)7-9/h2-4,7-8H,5-6,14H2,1H3. The monoisotopic (exact) mass is 279 g/mol. The summed E-state index contributed by atoms with van der Waals surface area (Å²) < 4.78 is 2.90. The summed E-state index contributed by atoms with van der Waals surface area (Å²) >= 11 is 3.47. The number of rotatable bonds is 3. The number of hydrogen-bond donors (Lipinski definition) is 1. The molecule has 4 heteroatoms. The third kappa shape index (κ3) is 2.33. The predicted octanol–water partition coefficient (Wildman–Crippen LogP) is 2.35. The number of aryl methyl sites for hydroxylation is 1. The van der Waals surface area contributed by atoms with E-state index in [4.69, 9.17) is 5.73 Å². The van der Waals surface area contributed by atoms with Crippen molar-refractivity contribution in [2.75, 3.05) is 6.54 Å². The smallest absolute Gasteiger partial charge is 0.0955 e. The highest BCUT2D eigenvalue weighted by atomic mass is 79.9. The van der Waals surface area contributed by atoms with Gasteiger partial charge in [0.25, 0.3) is 0 Å². The maximum Gasteiger partial charge on any atom is 0.0955 e. The normalized spacial score (nSPS) is 10.7. The van der Waals surface area contributed by atoms with Gasteiger partial charge < -0.3 is 5.73 Å². The van der Waals surface area contributed by atoms with Gasteiger partial charge in [-0.3, -0.25) is 4.68 Å². The Kier molecular flexibility index (Phi) is 3.41. The highest BCUT2D eigenvalue weighted by Crippen LogP contribution is 2.24. The molecule has 0 amide bonds. The van der Waals surface area contributed by atoms with Gasteiger partial charge in [-0.1, -0.05) is 28.1 Å². The van der Waals surface area contributed by atoms with E-state index in [1.165, 1.54) is 5.56 Å². The highest BCUT2D eigenvalue weighted by Gasteiger charge is 2.09. The summed E-state index contributed by atoms with van der Waals surface area (Å²) in [5.41, 5.74) is 8.94. The SMILES string of the molecule is Cn1cc(CCN)c(-c2cccc(Br)c2)n1. The number of halogens is 1. The molecule has 0 saturated carbocycles. The first-order chi connectivity index (χ1) is 7.70. The van der Waals surface area contributed by atoms with Gasteiger partial charge in [0.1, 0.15) is 0 Å². The fraction of sp³-hybridized carbons (Fsp3) is 0.250. The van der Waals surface area contributed by atoms with Crippen molar-refractivity contribution in [3.63, 3.8) is 0 Å². The van der Waals surface area contributed by atoms with Gasteiger partial charge in [0.05, 0.1) is 5.69 Å². The van der Waals surface area contributed by atoms with Gasteiger partial charge in [-0.15, -0.1) is 0 Å². The van der Waals surface area contributed by atoms with Gasteiger partial charge in [-0.25, -0.2) is 0 Å². The van der Waals surface area contributed by atoms with Crippen LogP contribution in [-0.4, -0.2) is 16.3 Å². The lowest BCUT2D eigenvalue weighted by molar-refractivity contribution is 0.769. The molecule has 16 heavy (non-hydrogen) atoms. The third-order valence-corrected chi connectivity index (χ3v) is 2.91. The third-order valence-electron chi connectivity index (χ3n) is 2.42. The fourth-order valence-electron chi connectivity index (χ4n) is 1.75. The maximum absolute atomic E-state index is 5.60. The largest absolute Gasteiger partial charge is 0.330 e. The number of benzene rings is 1. The van der Waals surface area contributed by atoms with Crippen molar-refractivity contribution < 1.29 is 0 Å². The van der Waals surface area contributed by atoms with Crippen LogP contribution < -0.4 is 5.73 Å². The molecule has 1 aromatic heterocycles. The van der Waals surface area contributed by atoms with Crippen LogP contribution in [0.3, 0.4) is 0 Å². The van der Waals surface area contributed by atoms with Crippen LogP contribution in [0.5, 0.6) is 0 Å². The van der Waals surface area contributed by atoms with E-state index in [0.29, 0.717) is 6.54 Å². The van der Waals surface area contributed by atoms with Crippen molar-refractivity contribution in [2.45, 2.75) is 6.42 Å². The second-order valence-electron chi connectivity index (χ2n) is 3.73. The zero-order valence-corrected chi connectivity index (χ0v) is 10.7. The molecule has 0 spiro atoms. The molecule has 0 atom stereocenters. The molecule has 0 saturated heterocycles. The lowest BCUT2D eigenvalue weighted by Gasteiger charge is -2.01. The van der Waals surface area contributed by atoms with Crippen LogP contribution in [0.4, 0.5) is 0 Å². The Morgan fingerprint density at radius 2 is 2.25 bits per heavy atom. The van der Waals surface area contributed by atoms with Gasteiger partial charge in [0.15, 0.2) is 0 Å². The lowest BCUT2D eigenvalue weighted by atomic mass is 10.1. The predicted molar refractivity (Wildman–Crippen MR) is 69.1 cm³/mol. The minimum Gasteiger partial charge on any atom is -0.330 e. The molecular formula is C12H14BrN3. The summed E-state index contributed by atoms with van der Waals surface area (Å²) in [6.45, 7) is 0.646. The number of hydrogen-bond acceptors (Lipinski definition) is 2. The lowest BCUT2D eigenvalue weighted by Crippen LogP contribution is -2.02. The summed E-state index contributed by atoms with van der Waals surface area (Å²) in [5, 5.41) is 4.48. The van der Waals surface area contributed by atoms with Crippen molar-refractivity contribution in [3.8, 4) is 11.3 Å². The molecule has 0 radical (unpaired) electrons. The van der Waals surface area contributed by atoms with Crippen molar-refractivity contribution in [1.29, 1.82) is 0 Å². The van der Waals surface area contributed by atoms with Gasteiger partial charge in [-0.2, -0.15) is 5.10 Å². The van der Waals surface area contributed by atoms with Crippen LogP contribution in [-0.2, 0) is 13.5 Å². The Hall–Kier alpha value is -1.13.